The van der Waals surface area contributed by atoms with Gasteiger partial charge in [-0.2, -0.15) is 21.6 Å². The van der Waals surface area contributed by atoms with E-state index in [-0.39, 0.29) is 23.3 Å². The van der Waals surface area contributed by atoms with E-state index < -0.39 is 40.5 Å². The number of nitrogens with one attached hydrogen (secondary N) is 1. The van der Waals surface area contributed by atoms with Gasteiger partial charge in [0.25, 0.3) is 16.0 Å². The topological polar surface area (TPSA) is 92.7 Å². The van der Waals surface area contributed by atoms with Crippen molar-refractivity contribution in [2.75, 3.05) is 12.3 Å². The summed E-state index contributed by atoms with van der Waals surface area (Å²) in [7, 11) is -4.24. The molecule has 0 radical (unpaired) electrons. The normalized spacial score (nSPS) is 13.2. The Morgan fingerprint density at radius 2 is 1.62 bits per heavy atom. The third-order valence-corrected chi connectivity index (χ3v) is 8.22. The van der Waals surface area contributed by atoms with Crippen LogP contribution in [0.25, 0.3) is 11.1 Å². The Hall–Kier alpha value is -2.89. The summed E-state index contributed by atoms with van der Waals surface area (Å²) in [6, 6.07) is 14.9. The number of aryl methyl sites for hydroxylation is 2. The minimum absolute atomic E-state index is 0.0220. The molecule has 0 bridgehead atoms. The highest BCUT2D eigenvalue weighted by molar-refractivity contribution is 7.85. The molecule has 0 aliphatic rings. The maximum Gasteiger partial charge on any atom is 0.389 e. The molecule has 1 aromatic heterocycles. The molecule has 218 valence electrons. The second-order valence-electron chi connectivity index (χ2n) is 10.8. The fraction of sp³-hybridized carbons (Fsp3) is 0.414. The second-order valence-corrected chi connectivity index (χ2v) is 13.5. The smallest absolute Gasteiger partial charge is 0.389 e. The van der Waals surface area contributed by atoms with E-state index in [9.17, 15) is 26.4 Å². The molecule has 2 aromatic carbocycles. The zero-order valence-electron chi connectivity index (χ0n) is 23.1. The Kier molecular flexibility index (Phi) is 9.74. The summed E-state index contributed by atoms with van der Waals surface area (Å²) < 4.78 is 76.0. The summed E-state index contributed by atoms with van der Waals surface area (Å²) in [6.07, 6.45) is -6.76. The third kappa shape index (κ3) is 9.07. The molecule has 6 nitrogen and oxygen atoms in total. The molecule has 3 rings (SSSR count). The number of carbonyl (C=O) groups is 1. The van der Waals surface area contributed by atoms with E-state index in [2.05, 4.69) is 50.4 Å². The lowest BCUT2D eigenvalue weighted by Gasteiger charge is -2.22. The highest BCUT2D eigenvalue weighted by Gasteiger charge is 2.30. The summed E-state index contributed by atoms with van der Waals surface area (Å²) in [4.78, 5) is 13.0. The quantitative estimate of drug-likeness (QED) is 0.238. The minimum Gasteiger partial charge on any atom is -0.485 e. The van der Waals surface area contributed by atoms with Crippen molar-refractivity contribution in [1.82, 2.24) is 5.32 Å². The molecule has 2 N–H and O–H groups in total. The first kappa shape index (κ1) is 31.6. The van der Waals surface area contributed by atoms with Gasteiger partial charge in [0.1, 0.15) is 11.9 Å². The Labute approximate surface area is 237 Å². The number of ether oxygens (including phenoxy) is 1. The van der Waals surface area contributed by atoms with E-state index in [1.807, 2.05) is 13.8 Å². The number of hydrogen-bond donors (Lipinski definition) is 2. The van der Waals surface area contributed by atoms with Crippen LogP contribution in [0.1, 0.15) is 71.0 Å². The average Bonchev–Trinajstić information content (AvgIpc) is 3.30. The monoisotopic (exact) mass is 597 g/mol. The van der Waals surface area contributed by atoms with Crippen molar-refractivity contribution >= 4 is 27.4 Å². The Morgan fingerprint density at radius 3 is 2.15 bits per heavy atom. The van der Waals surface area contributed by atoms with Gasteiger partial charge in [-0.25, -0.2) is 0 Å². The lowest BCUT2D eigenvalue weighted by molar-refractivity contribution is -0.139. The molecule has 1 heterocycles. The molecule has 0 saturated carbocycles. The Balaban J connectivity index is 1.84. The van der Waals surface area contributed by atoms with Gasteiger partial charge in [-0.05, 0) is 77.8 Å². The van der Waals surface area contributed by atoms with Crippen molar-refractivity contribution < 1.29 is 35.7 Å². The zero-order chi connectivity index (χ0) is 29.9. The van der Waals surface area contributed by atoms with Gasteiger partial charge in [0.05, 0.1) is 10.6 Å². The van der Waals surface area contributed by atoms with Gasteiger partial charge in [-0.15, -0.1) is 11.3 Å². The summed E-state index contributed by atoms with van der Waals surface area (Å²) in [5.74, 6) is -0.822. The molecule has 11 heteroatoms. The fourth-order valence-corrected chi connectivity index (χ4v) is 5.68. The number of rotatable bonds is 10. The van der Waals surface area contributed by atoms with Crippen molar-refractivity contribution in [2.24, 2.45) is 0 Å². The molecule has 0 aliphatic heterocycles. The van der Waals surface area contributed by atoms with E-state index in [4.69, 9.17) is 9.29 Å². The Bertz CT molecular complexity index is 1420. The van der Waals surface area contributed by atoms with Crippen molar-refractivity contribution in [3.05, 3.63) is 75.0 Å². The number of carbonyl (C=O) groups excluding carboxylic acids is 1. The first-order chi connectivity index (χ1) is 18.4. The molecule has 1 atom stereocenters. The fourth-order valence-electron chi connectivity index (χ4n) is 4.33. The van der Waals surface area contributed by atoms with Crippen LogP contribution < -0.4 is 10.1 Å². The standard InChI is InChI=1S/C29H34F3NO5S2/c1-18-16-22(17-19(2)26(18)20-6-8-21(9-7-20)28(3,4)5)38-23(12-13-29(30,31)32)24-10-11-25(39-24)27(34)33-14-15-40(35,36)37/h6-11,16-17,23H,12-15H2,1-5H3,(H,33,34)(H,35,36,37)/t23-/m0/s1. The van der Waals surface area contributed by atoms with E-state index in [0.717, 1.165) is 33.6 Å². The number of benzene rings is 2. The molecule has 3 aromatic rings. The van der Waals surface area contributed by atoms with Gasteiger partial charge >= 0.3 is 6.18 Å². The molecule has 0 aliphatic carbocycles. The van der Waals surface area contributed by atoms with Crippen LogP contribution in [0.5, 0.6) is 5.75 Å². The number of hydrogen-bond acceptors (Lipinski definition) is 5. The number of alkyl halides is 3. The highest BCUT2D eigenvalue weighted by Crippen LogP contribution is 2.37. The number of amides is 1. The van der Waals surface area contributed by atoms with Crippen LogP contribution in [0.15, 0.2) is 48.5 Å². The minimum atomic E-state index is -4.39. The van der Waals surface area contributed by atoms with Crippen LogP contribution in [0.4, 0.5) is 13.2 Å². The molecule has 0 saturated heterocycles. The molecule has 0 fully saturated rings. The van der Waals surface area contributed by atoms with Crippen molar-refractivity contribution in [1.29, 1.82) is 0 Å². The van der Waals surface area contributed by atoms with E-state index in [1.165, 1.54) is 17.7 Å². The zero-order valence-corrected chi connectivity index (χ0v) is 24.7. The summed E-state index contributed by atoms with van der Waals surface area (Å²) in [6.45, 7) is 9.99. The SMILES string of the molecule is Cc1cc(O[C@@H](CCC(F)(F)F)c2ccc(C(=O)NCCS(=O)(=O)O)s2)cc(C)c1-c1ccc(C(C)(C)C)cc1. The molecular weight excluding hydrogens is 563 g/mol. The summed E-state index contributed by atoms with van der Waals surface area (Å²) >= 11 is 0.972. The third-order valence-electron chi connectivity index (χ3n) is 6.33. The molecule has 1 amide bonds. The second kappa shape index (κ2) is 12.3. The van der Waals surface area contributed by atoms with Gasteiger partial charge in [-0.1, -0.05) is 45.0 Å². The van der Waals surface area contributed by atoms with Crippen LogP contribution >= 0.6 is 11.3 Å². The maximum absolute atomic E-state index is 13.1. The van der Waals surface area contributed by atoms with Crippen molar-refractivity contribution in [3.63, 3.8) is 0 Å². The maximum atomic E-state index is 13.1. The predicted octanol–water partition coefficient (Wildman–Crippen LogP) is 7.41. The van der Waals surface area contributed by atoms with Gasteiger partial charge < -0.3 is 10.1 Å². The van der Waals surface area contributed by atoms with E-state index in [1.54, 1.807) is 12.1 Å². The first-order valence-electron chi connectivity index (χ1n) is 12.7. The van der Waals surface area contributed by atoms with Crippen LogP contribution in [0, 0.1) is 13.8 Å². The van der Waals surface area contributed by atoms with Gasteiger partial charge in [0.15, 0.2) is 0 Å². The number of thiophene rings is 1. The number of halogens is 3. The first-order valence-corrected chi connectivity index (χ1v) is 15.1. The predicted molar refractivity (Wildman–Crippen MR) is 152 cm³/mol. The Morgan fingerprint density at radius 1 is 1.02 bits per heavy atom. The lowest BCUT2D eigenvalue weighted by atomic mass is 9.85. The largest absolute Gasteiger partial charge is 0.485 e. The highest BCUT2D eigenvalue weighted by atomic mass is 32.2. The summed E-state index contributed by atoms with van der Waals surface area (Å²) in [5, 5.41) is 2.37. The summed E-state index contributed by atoms with van der Waals surface area (Å²) in [5.41, 5.74) is 5.12. The van der Waals surface area contributed by atoms with Crippen LogP contribution in [0.2, 0.25) is 0 Å². The molecule has 0 unspecified atom stereocenters. The van der Waals surface area contributed by atoms with Crippen molar-refractivity contribution in [3.8, 4) is 16.9 Å². The van der Waals surface area contributed by atoms with Crippen LogP contribution in [0.3, 0.4) is 0 Å². The lowest BCUT2D eigenvalue weighted by Crippen LogP contribution is -2.28. The van der Waals surface area contributed by atoms with Crippen molar-refractivity contribution in [2.45, 2.75) is 65.2 Å². The molecule has 40 heavy (non-hydrogen) atoms. The average molecular weight is 598 g/mol. The van der Waals surface area contributed by atoms with Gasteiger partial charge in [-0.3, -0.25) is 9.35 Å². The van der Waals surface area contributed by atoms with E-state index >= 15 is 0 Å². The molecular formula is C29H34F3NO5S2. The van der Waals surface area contributed by atoms with Crippen LogP contribution in [-0.2, 0) is 15.5 Å². The van der Waals surface area contributed by atoms with Gasteiger partial charge in [0.2, 0.25) is 0 Å². The molecule has 0 spiro atoms. The van der Waals surface area contributed by atoms with E-state index in [0.29, 0.717) is 10.6 Å². The van der Waals surface area contributed by atoms with Gasteiger partial charge in [0, 0.05) is 17.8 Å². The van der Waals surface area contributed by atoms with Crippen LogP contribution in [-0.4, -0.2) is 37.4 Å².